The average Bonchev–Trinajstić information content (AvgIpc) is 2.30. The van der Waals surface area contributed by atoms with Crippen molar-refractivity contribution in [2.45, 2.75) is 0 Å². The molecule has 0 aliphatic heterocycles. The molecule has 3 N–H and O–H groups in total. The van der Waals surface area contributed by atoms with Crippen molar-refractivity contribution >= 4 is 28.7 Å². The van der Waals surface area contributed by atoms with Gasteiger partial charge in [0.05, 0.1) is 17.1 Å². The van der Waals surface area contributed by atoms with Gasteiger partial charge in [-0.25, -0.2) is 8.78 Å². The predicted molar refractivity (Wildman–Crippen MR) is 65.5 cm³/mol. The van der Waals surface area contributed by atoms with Gasteiger partial charge in [-0.15, -0.1) is 0 Å². The van der Waals surface area contributed by atoms with Crippen LogP contribution in [0.4, 0.5) is 25.8 Å². The van der Waals surface area contributed by atoms with Gasteiger partial charge in [-0.05, 0) is 30.3 Å². The highest BCUT2D eigenvalue weighted by atomic mass is 35.5. The molecule has 0 aliphatic carbocycles. The third-order valence-electron chi connectivity index (χ3n) is 2.25. The zero-order valence-corrected chi connectivity index (χ0v) is 9.43. The maximum absolute atomic E-state index is 13.4. The topological polar surface area (TPSA) is 38.0 Å². The molecule has 0 unspecified atom stereocenters. The Morgan fingerprint density at radius 3 is 2.53 bits per heavy atom. The summed E-state index contributed by atoms with van der Waals surface area (Å²) in [6.07, 6.45) is 0. The predicted octanol–water partition coefficient (Wildman–Crippen LogP) is 3.94. The minimum Gasteiger partial charge on any atom is -0.395 e. The summed E-state index contributed by atoms with van der Waals surface area (Å²) in [6, 6.07) is 8.32. The number of halogens is 3. The van der Waals surface area contributed by atoms with Gasteiger partial charge in [0.1, 0.15) is 11.6 Å². The summed E-state index contributed by atoms with van der Waals surface area (Å²) in [6.45, 7) is 0. The van der Waals surface area contributed by atoms with E-state index in [0.29, 0.717) is 10.7 Å². The third-order valence-corrected chi connectivity index (χ3v) is 2.49. The van der Waals surface area contributed by atoms with Crippen molar-refractivity contribution in [3.8, 4) is 0 Å². The number of para-hydroxylation sites is 1. The third kappa shape index (κ3) is 2.47. The number of benzene rings is 2. The fraction of sp³-hybridized carbons (Fsp3) is 0. The van der Waals surface area contributed by atoms with E-state index in [9.17, 15) is 8.78 Å². The SMILES string of the molecule is Nc1c(F)cccc1Nc1cc(Cl)ccc1F. The average molecular weight is 255 g/mol. The highest BCUT2D eigenvalue weighted by Gasteiger charge is 2.07. The molecule has 2 aromatic rings. The molecule has 88 valence electrons. The van der Waals surface area contributed by atoms with Crippen LogP contribution in [0.25, 0.3) is 0 Å². The van der Waals surface area contributed by atoms with Gasteiger partial charge < -0.3 is 11.1 Å². The summed E-state index contributed by atoms with van der Waals surface area (Å²) in [4.78, 5) is 0. The summed E-state index contributed by atoms with van der Waals surface area (Å²) in [5.74, 6) is -1.05. The Bertz CT molecular complexity index is 558. The van der Waals surface area contributed by atoms with E-state index in [0.717, 1.165) is 0 Å². The first-order valence-corrected chi connectivity index (χ1v) is 5.22. The van der Waals surface area contributed by atoms with Crippen LogP contribution in [-0.2, 0) is 0 Å². The number of hydrogen-bond acceptors (Lipinski definition) is 2. The lowest BCUT2D eigenvalue weighted by molar-refractivity contribution is 0.630. The van der Waals surface area contributed by atoms with Crippen LogP contribution in [0, 0.1) is 11.6 Å². The summed E-state index contributed by atoms with van der Waals surface area (Å²) in [5.41, 5.74) is 5.91. The van der Waals surface area contributed by atoms with Gasteiger partial charge in [0, 0.05) is 5.02 Å². The van der Waals surface area contributed by atoms with Crippen LogP contribution in [0.3, 0.4) is 0 Å². The van der Waals surface area contributed by atoms with Gasteiger partial charge in [0.25, 0.3) is 0 Å². The molecule has 0 aliphatic rings. The molecule has 0 saturated heterocycles. The molecule has 0 spiro atoms. The summed E-state index contributed by atoms with van der Waals surface area (Å²) in [5, 5.41) is 3.08. The Morgan fingerprint density at radius 2 is 1.76 bits per heavy atom. The van der Waals surface area contributed by atoms with Crippen LogP contribution in [0.5, 0.6) is 0 Å². The van der Waals surface area contributed by atoms with Crippen LogP contribution in [0.15, 0.2) is 36.4 Å². The van der Waals surface area contributed by atoms with E-state index < -0.39 is 11.6 Å². The molecule has 2 rings (SSSR count). The van der Waals surface area contributed by atoms with E-state index in [-0.39, 0.29) is 11.4 Å². The van der Waals surface area contributed by atoms with Crippen LogP contribution >= 0.6 is 11.6 Å². The molecule has 0 heterocycles. The Hall–Kier alpha value is -1.81. The second-order valence-corrected chi connectivity index (χ2v) is 3.89. The van der Waals surface area contributed by atoms with Crippen LogP contribution < -0.4 is 11.1 Å². The van der Waals surface area contributed by atoms with E-state index in [4.69, 9.17) is 17.3 Å². The van der Waals surface area contributed by atoms with Gasteiger partial charge in [0.2, 0.25) is 0 Å². The Morgan fingerprint density at radius 1 is 1.00 bits per heavy atom. The second kappa shape index (κ2) is 4.59. The molecule has 2 aromatic carbocycles. The van der Waals surface area contributed by atoms with Crippen molar-refractivity contribution in [1.82, 2.24) is 0 Å². The number of nitrogens with one attached hydrogen (secondary N) is 1. The first-order chi connectivity index (χ1) is 8.08. The minimum atomic E-state index is -0.558. The molecule has 0 fully saturated rings. The van der Waals surface area contributed by atoms with Crippen LogP contribution in [0.2, 0.25) is 5.02 Å². The number of nitrogen functional groups attached to an aromatic ring is 1. The molecular weight excluding hydrogens is 246 g/mol. The molecule has 0 atom stereocenters. The maximum atomic E-state index is 13.4. The maximum Gasteiger partial charge on any atom is 0.148 e. The van der Waals surface area contributed by atoms with Crippen molar-refractivity contribution < 1.29 is 8.78 Å². The van der Waals surface area contributed by atoms with Gasteiger partial charge in [-0.1, -0.05) is 17.7 Å². The lowest BCUT2D eigenvalue weighted by atomic mass is 10.2. The molecule has 2 nitrogen and oxygen atoms in total. The summed E-state index contributed by atoms with van der Waals surface area (Å²) in [7, 11) is 0. The zero-order chi connectivity index (χ0) is 12.4. The van der Waals surface area contributed by atoms with Crippen molar-refractivity contribution in [2.75, 3.05) is 11.1 Å². The Balaban J connectivity index is 2.38. The molecular formula is C12H9ClF2N2. The molecule has 0 aromatic heterocycles. The minimum absolute atomic E-state index is 0.0631. The molecule has 0 radical (unpaired) electrons. The second-order valence-electron chi connectivity index (χ2n) is 3.45. The van der Waals surface area contributed by atoms with E-state index in [2.05, 4.69) is 5.32 Å². The molecule has 17 heavy (non-hydrogen) atoms. The molecule has 0 amide bonds. The largest absolute Gasteiger partial charge is 0.395 e. The number of rotatable bonds is 2. The smallest absolute Gasteiger partial charge is 0.148 e. The number of nitrogens with two attached hydrogens (primary N) is 1. The lowest BCUT2D eigenvalue weighted by Crippen LogP contribution is -2.00. The number of anilines is 3. The molecule has 0 bridgehead atoms. The van der Waals surface area contributed by atoms with Crippen LogP contribution in [0.1, 0.15) is 0 Å². The van der Waals surface area contributed by atoms with Crippen molar-refractivity contribution in [3.63, 3.8) is 0 Å². The highest BCUT2D eigenvalue weighted by molar-refractivity contribution is 6.30. The van der Waals surface area contributed by atoms with Crippen molar-refractivity contribution in [2.24, 2.45) is 0 Å². The Labute approximate surface area is 102 Å². The van der Waals surface area contributed by atoms with Crippen molar-refractivity contribution in [1.29, 1.82) is 0 Å². The van der Waals surface area contributed by atoms with Gasteiger partial charge in [0.15, 0.2) is 0 Å². The standard InChI is InChI=1S/C12H9ClF2N2/c13-7-4-5-8(14)11(6-7)17-10-3-1-2-9(15)12(10)16/h1-6,17H,16H2. The fourth-order valence-corrected chi connectivity index (χ4v) is 1.56. The van der Waals surface area contributed by atoms with Crippen LogP contribution in [-0.4, -0.2) is 0 Å². The molecule has 5 heteroatoms. The molecule has 0 saturated carbocycles. The quantitative estimate of drug-likeness (QED) is 0.797. The van der Waals surface area contributed by atoms with E-state index in [1.807, 2.05) is 0 Å². The summed E-state index contributed by atoms with van der Waals surface area (Å²) < 4.78 is 26.6. The number of hydrogen-bond donors (Lipinski definition) is 2. The van der Waals surface area contributed by atoms with Gasteiger partial charge in [-0.3, -0.25) is 0 Å². The normalized spacial score (nSPS) is 10.3. The first kappa shape index (κ1) is 11.7. The van der Waals surface area contributed by atoms with E-state index in [1.54, 1.807) is 6.07 Å². The van der Waals surface area contributed by atoms with E-state index in [1.165, 1.54) is 30.3 Å². The first-order valence-electron chi connectivity index (χ1n) is 4.84. The lowest BCUT2D eigenvalue weighted by Gasteiger charge is -2.10. The van der Waals surface area contributed by atoms with Crippen molar-refractivity contribution in [3.05, 3.63) is 53.1 Å². The highest BCUT2D eigenvalue weighted by Crippen LogP contribution is 2.28. The Kier molecular flexibility index (Phi) is 3.15. The fourth-order valence-electron chi connectivity index (χ4n) is 1.38. The van der Waals surface area contributed by atoms with E-state index >= 15 is 0 Å². The zero-order valence-electron chi connectivity index (χ0n) is 8.68. The summed E-state index contributed by atoms with van der Waals surface area (Å²) >= 11 is 5.74. The van der Waals surface area contributed by atoms with Gasteiger partial charge in [-0.2, -0.15) is 0 Å². The monoisotopic (exact) mass is 254 g/mol. The van der Waals surface area contributed by atoms with Gasteiger partial charge >= 0.3 is 0 Å².